The van der Waals surface area contributed by atoms with E-state index in [9.17, 15) is 24.2 Å². The van der Waals surface area contributed by atoms with E-state index in [1.807, 2.05) is 6.92 Å². The van der Waals surface area contributed by atoms with Gasteiger partial charge in [-0.1, -0.05) is 26.7 Å². The van der Waals surface area contributed by atoms with E-state index < -0.39 is 17.3 Å². The minimum atomic E-state index is -0.702. The molecule has 4 N–H and O–H groups in total. The van der Waals surface area contributed by atoms with Gasteiger partial charge in [0.15, 0.2) is 5.13 Å². The largest absolute Gasteiger partial charge is 0.396 e. The summed E-state index contributed by atoms with van der Waals surface area (Å²) in [6, 6.07) is 5.56. The maximum absolute atomic E-state index is 13.3. The van der Waals surface area contributed by atoms with Gasteiger partial charge in [-0.3, -0.25) is 14.9 Å². The topological polar surface area (TPSA) is 112 Å². The Morgan fingerprint density at radius 3 is 2.54 bits per heavy atom. The van der Waals surface area contributed by atoms with Crippen LogP contribution in [0.2, 0.25) is 0 Å². The normalized spacial score (nSPS) is 31.4. The number of aliphatic hydroxyl groups excluding tert-OH is 2. The molecule has 5 rings (SSSR count). The zero-order valence-corrected chi connectivity index (χ0v) is 22.2. The van der Waals surface area contributed by atoms with Crippen molar-refractivity contribution in [2.24, 2.45) is 16.7 Å². The second-order valence-electron chi connectivity index (χ2n) is 11.6. The summed E-state index contributed by atoms with van der Waals surface area (Å²) in [5.74, 6) is -1.03. The van der Waals surface area contributed by atoms with Gasteiger partial charge in [0.05, 0.1) is 18.4 Å². The molecule has 1 heterocycles. The van der Waals surface area contributed by atoms with Crippen LogP contribution in [0.3, 0.4) is 0 Å². The average molecular weight is 530 g/mol. The number of hydrogen-bond donors (Lipinski definition) is 4. The molecule has 3 aliphatic rings. The standard InChI is InChI=1S/C28H36FN3O4S/c1-27-12-11-22(34)28(2,15-33)21(27)14-20-24(19(27)13-23(35)30-18-5-3-4-6-18)31-26(37-20)32-25(36)16-7-9-17(29)10-8-16/h7-10,18-19,21-22,33-34H,3-6,11-15H2,1-2H3,(H,30,35)(H,31,32,36). The van der Waals surface area contributed by atoms with E-state index >= 15 is 0 Å². The zero-order chi connectivity index (χ0) is 26.4. The van der Waals surface area contributed by atoms with Crippen molar-refractivity contribution in [1.82, 2.24) is 10.3 Å². The number of benzene rings is 1. The van der Waals surface area contributed by atoms with Gasteiger partial charge in [0.1, 0.15) is 5.82 Å². The molecule has 5 atom stereocenters. The van der Waals surface area contributed by atoms with E-state index in [2.05, 4.69) is 17.6 Å². The molecule has 0 radical (unpaired) electrons. The molecule has 2 aromatic rings. The van der Waals surface area contributed by atoms with Crippen molar-refractivity contribution in [3.05, 3.63) is 46.2 Å². The lowest BCUT2D eigenvalue weighted by atomic mass is 9.47. The quantitative estimate of drug-likeness (QED) is 0.443. The second kappa shape index (κ2) is 10.1. The Morgan fingerprint density at radius 1 is 1.16 bits per heavy atom. The highest BCUT2D eigenvalue weighted by atomic mass is 32.1. The summed E-state index contributed by atoms with van der Waals surface area (Å²) in [5.41, 5.74) is 0.116. The van der Waals surface area contributed by atoms with E-state index in [-0.39, 0.29) is 48.1 Å². The van der Waals surface area contributed by atoms with Crippen LogP contribution >= 0.6 is 11.3 Å². The van der Waals surface area contributed by atoms with Crippen LogP contribution < -0.4 is 10.6 Å². The first-order chi connectivity index (χ1) is 17.6. The average Bonchev–Trinajstić information content (AvgIpc) is 3.53. The number of halogens is 1. The Morgan fingerprint density at radius 2 is 1.86 bits per heavy atom. The monoisotopic (exact) mass is 529 g/mol. The predicted molar refractivity (Wildman–Crippen MR) is 140 cm³/mol. The third-order valence-corrected chi connectivity index (χ3v) is 10.3. The SMILES string of the molecule is CC1(CO)C(O)CCC2(C)C(CC(=O)NC3CCCC3)c3nc(NC(=O)c4ccc(F)cc4)sc3CC12. The van der Waals surface area contributed by atoms with E-state index in [1.165, 1.54) is 35.6 Å². The summed E-state index contributed by atoms with van der Waals surface area (Å²) >= 11 is 1.38. The predicted octanol–water partition coefficient (Wildman–Crippen LogP) is 4.40. The van der Waals surface area contributed by atoms with Crippen LogP contribution in [0, 0.1) is 22.6 Å². The zero-order valence-electron chi connectivity index (χ0n) is 21.4. The maximum Gasteiger partial charge on any atom is 0.257 e. The summed E-state index contributed by atoms with van der Waals surface area (Å²) in [4.78, 5) is 31.9. The van der Waals surface area contributed by atoms with Crippen molar-refractivity contribution < 1.29 is 24.2 Å². The van der Waals surface area contributed by atoms with Crippen molar-refractivity contribution in [3.8, 4) is 0 Å². The molecule has 0 saturated heterocycles. The summed E-state index contributed by atoms with van der Waals surface area (Å²) in [5, 5.41) is 27.8. The number of anilines is 1. The molecule has 37 heavy (non-hydrogen) atoms. The van der Waals surface area contributed by atoms with Gasteiger partial charge in [-0.05, 0) is 67.7 Å². The number of aromatic nitrogens is 1. The van der Waals surface area contributed by atoms with Crippen LogP contribution in [-0.2, 0) is 11.2 Å². The highest BCUT2D eigenvalue weighted by Gasteiger charge is 2.59. The third kappa shape index (κ3) is 4.81. The highest BCUT2D eigenvalue weighted by Crippen LogP contribution is 2.62. The minimum absolute atomic E-state index is 0.00597. The van der Waals surface area contributed by atoms with Crippen molar-refractivity contribution in [1.29, 1.82) is 0 Å². The Labute approximate surface area is 220 Å². The first kappa shape index (κ1) is 26.3. The number of hydrogen-bond acceptors (Lipinski definition) is 6. The van der Waals surface area contributed by atoms with Gasteiger partial charge in [-0.25, -0.2) is 9.37 Å². The fourth-order valence-corrected chi connectivity index (χ4v) is 8.08. The number of thiazole rings is 1. The van der Waals surface area contributed by atoms with Crippen LogP contribution in [0.5, 0.6) is 0 Å². The summed E-state index contributed by atoms with van der Waals surface area (Å²) < 4.78 is 13.3. The van der Waals surface area contributed by atoms with Crippen LogP contribution in [0.4, 0.5) is 9.52 Å². The molecule has 5 unspecified atom stereocenters. The van der Waals surface area contributed by atoms with Crippen LogP contribution in [0.15, 0.2) is 24.3 Å². The number of amides is 2. The van der Waals surface area contributed by atoms with E-state index in [0.29, 0.717) is 23.5 Å². The number of nitrogens with zero attached hydrogens (tertiary/aromatic N) is 1. The Balaban J connectivity index is 1.47. The van der Waals surface area contributed by atoms with E-state index in [1.54, 1.807) is 0 Å². The molecule has 3 aliphatic carbocycles. The van der Waals surface area contributed by atoms with Crippen molar-refractivity contribution >= 4 is 28.3 Å². The molecule has 2 amide bonds. The number of aliphatic hydroxyl groups is 2. The lowest BCUT2D eigenvalue weighted by Crippen LogP contribution is -2.57. The van der Waals surface area contributed by atoms with Crippen LogP contribution in [-0.4, -0.2) is 45.8 Å². The van der Waals surface area contributed by atoms with Crippen LogP contribution in [0.1, 0.15) is 85.6 Å². The molecule has 7 nitrogen and oxygen atoms in total. The molecular formula is C28H36FN3O4S. The molecule has 0 bridgehead atoms. The second-order valence-corrected chi connectivity index (χ2v) is 12.7. The number of carbonyl (C=O) groups is 2. The van der Waals surface area contributed by atoms with Gasteiger partial charge in [-0.15, -0.1) is 11.3 Å². The Kier molecular flexibility index (Phi) is 7.15. The van der Waals surface area contributed by atoms with Gasteiger partial charge in [0, 0.05) is 34.2 Å². The number of nitrogens with one attached hydrogen (secondary N) is 2. The number of rotatable bonds is 6. The fraction of sp³-hybridized carbons (Fsp3) is 0.607. The Hall–Kier alpha value is -2.36. The summed E-state index contributed by atoms with van der Waals surface area (Å²) in [6.07, 6.45) is 5.83. The summed E-state index contributed by atoms with van der Waals surface area (Å²) in [7, 11) is 0. The van der Waals surface area contributed by atoms with Gasteiger partial charge in [0.25, 0.3) is 5.91 Å². The first-order valence-corrected chi connectivity index (χ1v) is 14.1. The molecule has 1 aromatic carbocycles. The van der Waals surface area contributed by atoms with Gasteiger partial charge >= 0.3 is 0 Å². The number of fused-ring (bicyclic) bond motifs is 2. The van der Waals surface area contributed by atoms with Gasteiger partial charge in [-0.2, -0.15) is 0 Å². The highest BCUT2D eigenvalue weighted by molar-refractivity contribution is 7.15. The number of carbonyl (C=O) groups excluding carboxylic acids is 2. The lowest BCUT2D eigenvalue weighted by molar-refractivity contribution is -0.144. The van der Waals surface area contributed by atoms with Gasteiger partial charge < -0.3 is 15.5 Å². The molecule has 2 fully saturated rings. The molecule has 0 spiro atoms. The van der Waals surface area contributed by atoms with Gasteiger partial charge in [0.2, 0.25) is 5.91 Å². The molecule has 2 saturated carbocycles. The molecule has 0 aliphatic heterocycles. The molecule has 200 valence electrons. The first-order valence-electron chi connectivity index (χ1n) is 13.3. The molecule has 9 heteroatoms. The third-order valence-electron chi connectivity index (χ3n) is 9.33. The van der Waals surface area contributed by atoms with E-state index in [0.717, 1.165) is 42.7 Å². The lowest BCUT2D eigenvalue weighted by Gasteiger charge is -2.58. The smallest absolute Gasteiger partial charge is 0.257 e. The molecular weight excluding hydrogens is 493 g/mol. The van der Waals surface area contributed by atoms with Crippen molar-refractivity contribution in [2.75, 3.05) is 11.9 Å². The molecule has 1 aromatic heterocycles. The van der Waals surface area contributed by atoms with Crippen LogP contribution in [0.25, 0.3) is 0 Å². The van der Waals surface area contributed by atoms with E-state index in [4.69, 9.17) is 4.98 Å². The van der Waals surface area contributed by atoms with Crippen molar-refractivity contribution in [2.45, 2.75) is 83.3 Å². The Bertz CT molecular complexity index is 1160. The van der Waals surface area contributed by atoms with Crippen molar-refractivity contribution in [3.63, 3.8) is 0 Å². The minimum Gasteiger partial charge on any atom is -0.396 e. The maximum atomic E-state index is 13.3. The summed E-state index contributed by atoms with van der Waals surface area (Å²) in [6.45, 7) is 3.97. The fourth-order valence-electron chi connectivity index (χ4n) is 7.01.